The number of halogens is 2. The third-order valence-corrected chi connectivity index (χ3v) is 6.80. The number of nitrogens with zero attached hydrogens (tertiary/aromatic N) is 4. The third kappa shape index (κ3) is 4.88. The van der Waals surface area contributed by atoms with Crippen molar-refractivity contribution in [3.05, 3.63) is 81.4 Å². The van der Waals surface area contributed by atoms with Gasteiger partial charge < -0.3 is 15.5 Å². The Morgan fingerprint density at radius 2 is 1.74 bits per heavy atom. The molecule has 1 aliphatic heterocycles. The summed E-state index contributed by atoms with van der Waals surface area (Å²) < 4.78 is 2.58. The van der Waals surface area contributed by atoms with Gasteiger partial charge in [0.2, 0.25) is 0 Å². The molecule has 2 amide bonds. The van der Waals surface area contributed by atoms with Gasteiger partial charge in [-0.1, -0.05) is 54.1 Å². The number of amides is 2. The Hall–Kier alpha value is -3.10. The molecule has 0 saturated carbocycles. The number of hydrogen-bond donors (Lipinski definition) is 2. The SMILES string of the molecule is O=C(NCc1ccc(CNc2cc(-c3ccccc3Cl)nc3c(Br)cnn23)cc1)N1CCCC1. The molecule has 0 spiro atoms. The van der Waals surface area contributed by atoms with Gasteiger partial charge in [0.25, 0.3) is 0 Å². The van der Waals surface area contributed by atoms with Crippen molar-refractivity contribution in [1.29, 1.82) is 0 Å². The van der Waals surface area contributed by atoms with Gasteiger partial charge in [-0.2, -0.15) is 9.61 Å². The van der Waals surface area contributed by atoms with E-state index in [-0.39, 0.29) is 6.03 Å². The Labute approximate surface area is 211 Å². The first-order valence-corrected chi connectivity index (χ1v) is 12.4. The minimum atomic E-state index is 0.0182. The summed E-state index contributed by atoms with van der Waals surface area (Å²) in [6.45, 7) is 2.84. The molecule has 1 saturated heterocycles. The maximum Gasteiger partial charge on any atom is 0.317 e. The number of aromatic nitrogens is 3. The molecule has 0 bridgehead atoms. The summed E-state index contributed by atoms with van der Waals surface area (Å²) in [6, 6.07) is 17.9. The van der Waals surface area contributed by atoms with Crippen LogP contribution in [0.3, 0.4) is 0 Å². The molecule has 1 fully saturated rings. The number of benzene rings is 2. The molecule has 2 N–H and O–H groups in total. The normalized spacial score (nSPS) is 13.4. The summed E-state index contributed by atoms with van der Waals surface area (Å²) >= 11 is 9.96. The van der Waals surface area contributed by atoms with E-state index in [0.717, 1.165) is 58.6 Å². The second-order valence-electron chi connectivity index (χ2n) is 8.26. The lowest BCUT2D eigenvalue weighted by Crippen LogP contribution is -2.37. The van der Waals surface area contributed by atoms with E-state index in [1.165, 1.54) is 0 Å². The first-order valence-electron chi connectivity index (χ1n) is 11.2. The molecular formula is C25H24BrClN6O. The largest absolute Gasteiger partial charge is 0.366 e. The molecule has 34 heavy (non-hydrogen) atoms. The highest BCUT2D eigenvalue weighted by atomic mass is 79.9. The fourth-order valence-corrected chi connectivity index (χ4v) is 4.63. The van der Waals surface area contributed by atoms with Crippen LogP contribution < -0.4 is 10.6 Å². The molecule has 0 atom stereocenters. The molecule has 0 aliphatic carbocycles. The number of carbonyl (C=O) groups excluding carboxylic acids is 1. The number of likely N-dealkylation sites (tertiary alicyclic amines) is 1. The molecule has 2 aromatic carbocycles. The molecule has 7 nitrogen and oxygen atoms in total. The smallest absolute Gasteiger partial charge is 0.317 e. The zero-order valence-electron chi connectivity index (χ0n) is 18.5. The van der Waals surface area contributed by atoms with Crippen molar-refractivity contribution in [2.24, 2.45) is 0 Å². The lowest BCUT2D eigenvalue weighted by molar-refractivity contribution is 0.208. The van der Waals surface area contributed by atoms with Crippen LogP contribution in [0, 0.1) is 0 Å². The average molecular weight is 540 g/mol. The van der Waals surface area contributed by atoms with Gasteiger partial charge in [-0.3, -0.25) is 0 Å². The highest BCUT2D eigenvalue weighted by molar-refractivity contribution is 9.10. The monoisotopic (exact) mass is 538 g/mol. The van der Waals surface area contributed by atoms with Gasteiger partial charge in [0.05, 0.1) is 16.4 Å². The van der Waals surface area contributed by atoms with Gasteiger partial charge in [0, 0.05) is 42.8 Å². The lowest BCUT2D eigenvalue weighted by atomic mass is 10.1. The number of hydrogen-bond acceptors (Lipinski definition) is 4. The maximum absolute atomic E-state index is 12.2. The molecule has 5 rings (SSSR count). The molecular weight excluding hydrogens is 516 g/mol. The first kappa shape index (κ1) is 22.7. The molecule has 174 valence electrons. The van der Waals surface area contributed by atoms with Crippen LogP contribution in [0.4, 0.5) is 10.6 Å². The summed E-state index contributed by atoms with van der Waals surface area (Å²) in [6.07, 6.45) is 3.91. The Kier molecular flexibility index (Phi) is 6.69. The number of nitrogens with one attached hydrogen (secondary N) is 2. The van der Waals surface area contributed by atoms with Crippen LogP contribution in [0.15, 0.2) is 65.3 Å². The molecule has 4 aromatic rings. The van der Waals surface area contributed by atoms with Gasteiger partial charge in [-0.05, 0) is 46.0 Å². The second kappa shape index (κ2) is 10.0. The van der Waals surface area contributed by atoms with E-state index >= 15 is 0 Å². The van der Waals surface area contributed by atoms with Gasteiger partial charge >= 0.3 is 6.03 Å². The molecule has 0 unspecified atom stereocenters. The number of urea groups is 1. The van der Waals surface area contributed by atoms with Crippen molar-refractivity contribution in [1.82, 2.24) is 24.8 Å². The summed E-state index contributed by atoms with van der Waals surface area (Å²) in [5, 5.41) is 11.6. The van der Waals surface area contributed by atoms with Gasteiger partial charge in [-0.15, -0.1) is 0 Å². The number of fused-ring (bicyclic) bond motifs is 1. The molecule has 2 aromatic heterocycles. The van der Waals surface area contributed by atoms with Crippen LogP contribution in [0.5, 0.6) is 0 Å². The predicted molar refractivity (Wildman–Crippen MR) is 138 cm³/mol. The Morgan fingerprint density at radius 3 is 2.47 bits per heavy atom. The highest BCUT2D eigenvalue weighted by Crippen LogP contribution is 2.30. The van der Waals surface area contributed by atoms with E-state index in [1.807, 2.05) is 47.4 Å². The lowest BCUT2D eigenvalue weighted by Gasteiger charge is -2.16. The van der Waals surface area contributed by atoms with E-state index < -0.39 is 0 Å². The predicted octanol–water partition coefficient (Wildman–Crippen LogP) is 5.73. The van der Waals surface area contributed by atoms with Crippen LogP contribution in [0.1, 0.15) is 24.0 Å². The highest BCUT2D eigenvalue weighted by Gasteiger charge is 2.17. The Morgan fingerprint density at radius 1 is 1.03 bits per heavy atom. The molecule has 0 radical (unpaired) electrons. The van der Waals surface area contributed by atoms with Crippen molar-refractivity contribution in [2.45, 2.75) is 25.9 Å². The van der Waals surface area contributed by atoms with E-state index in [4.69, 9.17) is 16.6 Å². The second-order valence-corrected chi connectivity index (χ2v) is 9.52. The summed E-state index contributed by atoms with van der Waals surface area (Å²) in [7, 11) is 0. The fourth-order valence-electron chi connectivity index (χ4n) is 4.05. The zero-order chi connectivity index (χ0) is 23.5. The molecule has 3 heterocycles. The first-order chi connectivity index (χ1) is 16.6. The summed E-state index contributed by atoms with van der Waals surface area (Å²) in [5.74, 6) is 0.813. The minimum absolute atomic E-state index is 0.0182. The maximum atomic E-state index is 12.2. The van der Waals surface area contributed by atoms with Crippen LogP contribution in [-0.4, -0.2) is 38.6 Å². The van der Waals surface area contributed by atoms with Crippen molar-refractivity contribution < 1.29 is 4.79 Å². The van der Waals surface area contributed by atoms with Crippen LogP contribution in [0.25, 0.3) is 16.9 Å². The zero-order valence-corrected chi connectivity index (χ0v) is 20.8. The Bertz CT molecular complexity index is 1320. The molecule has 1 aliphatic rings. The van der Waals surface area contributed by atoms with E-state index in [0.29, 0.717) is 23.8 Å². The quantitative estimate of drug-likeness (QED) is 0.328. The van der Waals surface area contributed by atoms with E-state index in [2.05, 4.69) is 43.8 Å². The van der Waals surface area contributed by atoms with Crippen molar-refractivity contribution in [3.8, 4) is 11.3 Å². The van der Waals surface area contributed by atoms with Crippen LogP contribution in [-0.2, 0) is 13.1 Å². The third-order valence-electron chi connectivity index (χ3n) is 5.91. The number of carbonyl (C=O) groups is 1. The minimum Gasteiger partial charge on any atom is -0.366 e. The van der Waals surface area contributed by atoms with Crippen molar-refractivity contribution >= 4 is 45.0 Å². The Balaban J connectivity index is 1.29. The number of rotatable bonds is 6. The van der Waals surface area contributed by atoms with Crippen LogP contribution >= 0.6 is 27.5 Å². The van der Waals surface area contributed by atoms with E-state index in [9.17, 15) is 4.79 Å². The van der Waals surface area contributed by atoms with Crippen molar-refractivity contribution in [2.75, 3.05) is 18.4 Å². The summed E-state index contributed by atoms with van der Waals surface area (Å²) in [4.78, 5) is 18.8. The van der Waals surface area contributed by atoms with E-state index in [1.54, 1.807) is 10.7 Å². The molecule has 9 heteroatoms. The summed E-state index contributed by atoms with van der Waals surface area (Å²) in [5.41, 5.74) is 4.53. The van der Waals surface area contributed by atoms with Crippen molar-refractivity contribution in [3.63, 3.8) is 0 Å². The fraction of sp³-hybridized carbons (Fsp3) is 0.240. The van der Waals surface area contributed by atoms with Gasteiger partial charge in [0.1, 0.15) is 5.82 Å². The van der Waals surface area contributed by atoms with Crippen LogP contribution in [0.2, 0.25) is 5.02 Å². The standard InChI is InChI=1S/C25H24BrClN6O/c26-20-16-30-33-23(13-22(31-24(20)33)19-5-1-2-6-21(19)27)28-14-17-7-9-18(10-8-17)15-29-25(34)32-11-3-4-12-32/h1-2,5-10,13,16,28H,3-4,11-12,14-15H2,(H,29,34). The van der Waals surface area contributed by atoms with Gasteiger partial charge in [0.15, 0.2) is 5.65 Å². The average Bonchev–Trinajstić information content (AvgIpc) is 3.53. The number of anilines is 1. The topological polar surface area (TPSA) is 74.6 Å². The van der Waals surface area contributed by atoms with Gasteiger partial charge in [-0.25, -0.2) is 9.78 Å².